The molecule has 0 radical (unpaired) electrons. The number of carbonyl (C=O) groups excluding carboxylic acids is 1. The summed E-state index contributed by atoms with van der Waals surface area (Å²) in [5, 5.41) is 0. The van der Waals surface area contributed by atoms with Crippen molar-refractivity contribution in [1.82, 2.24) is 4.90 Å². The van der Waals surface area contributed by atoms with Gasteiger partial charge in [-0.2, -0.15) is 0 Å². The highest BCUT2D eigenvalue weighted by Crippen LogP contribution is 2.37. The molecule has 2 atom stereocenters. The van der Waals surface area contributed by atoms with Crippen molar-refractivity contribution in [2.24, 2.45) is 11.7 Å². The Morgan fingerprint density at radius 2 is 2.17 bits per heavy atom. The summed E-state index contributed by atoms with van der Waals surface area (Å²) in [6.45, 7) is 6.04. The summed E-state index contributed by atoms with van der Waals surface area (Å²) in [5.74, 6) is 1.60. The average molecular weight is 422 g/mol. The van der Waals surface area contributed by atoms with Crippen LogP contribution >= 0.6 is 28.3 Å². The minimum Gasteiger partial charge on any atom is -0.493 e. The molecule has 2 rings (SSSR count). The van der Waals surface area contributed by atoms with Gasteiger partial charge >= 0.3 is 0 Å². The van der Waals surface area contributed by atoms with Crippen molar-refractivity contribution in [2.45, 2.75) is 32.7 Å². The summed E-state index contributed by atoms with van der Waals surface area (Å²) in [4.78, 5) is 14.7. The highest BCUT2D eigenvalue weighted by Gasteiger charge is 2.32. The molecular weight excluding hydrogens is 396 g/mol. The maximum atomic E-state index is 12.8. The third kappa shape index (κ3) is 4.55. The van der Waals surface area contributed by atoms with Crippen molar-refractivity contribution in [2.75, 3.05) is 26.8 Å². The summed E-state index contributed by atoms with van der Waals surface area (Å²) in [5.41, 5.74) is 6.35. The Hall–Kier alpha value is -0.980. The smallest absolute Gasteiger partial charge is 0.254 e. The number of halogens is 2. The van der Waals surface area contributed by atoms with Crippen LogP contribution in [0.4, 0.5) is 0 Å². The van der Waals surface area contributed by atoms with Crippen molar-refractivity contribution >= 4 is 34.2 Å². The summed E-state index contributed by atoms with van der Waals surface area (Å²) >= 11 is 3.49. The van der Waals surface area contributed by atoms with E-state index in [1.54, 1.807) is 19.2 Å². The Balaban J connectivity index is 0.00000288. The van der Waals surface area contributed by atoms with Crippen LogP contribution in [0.1, 0.15) is 37.0 Å². The van der Waals surface area contributed by atoms with Gasteiger partial charge in [0.05, 0.1) is 18.2 Å². The second kappa shape index (κ2) is 9.49. The quantitative estimate of drug-likeness (QED) is 0.764. The van der Waals surface area contributed by atoms with E-state index in [2.05, 4.69) is 22.9 Å². The fourth-order valence-electron chi connectivity index (χ4n) is 2.95. The molecule has 1 aliphatic rings. The number of rotatable bonds is 6. The first-order chi connectivity index (χ1) is 11.0. The van der Waals surface area contributed by atoms with Crippen LogP contribution in [0.25, 0.3) is 0 Å². The van der Waals surface area contributed by atoms with Gasteiger partial charge in [0.15, 0.2) is 11.5 Å². The average Bonchev–Trinajstić information content (AvgIpc) is 2.93. The maximum Gasteiger partial charge on any atom is 0.254 e. The summed E-state index contributed by atoms with van der Waals surface area (Å²) in [7, 11) is 1.58. The van der Waals surface area contributed by atoms with Gasteiger partial charge in [0, 0.05) is 18.2 Å². The Morgan fingerprint density at radius 1 is 1.46 bits per heavy atom. The van der Waals surface area contributed by atoms with E-state index in [-0.39, 0.29) is 24.4 Å². The Kier molecular flexibility index (Phi) is 8.33. The molecule has 136 valence electrons. The van der Waals surface area contributed by atoms with Gasteiger partial charge in [0.1, 0.15) is 0 Å². The lowest BCUT2D eigenvalue weighted by Gasteiger charge is -2.22. The molecule has 2 N–H and O–H groups in total. The second-order valence-corrected chi connectivity index (χ2v) is 6.84. The molecule has 7 heteroatoms. The van der Waals surface area contributed by atoms with Gasteiger partial charge in [-0.05, 0) is 60.3 Å². The van der Waals surface area contributed by atoms with Crippen LogP contribution in [-0.2, 0) is 0 Å². The Morgan fingerprint density at radius 3 is 2.71 bits per heavy atom. The topological polar surface area (TPSA) is 64.8 Å². The largest absolute Gasteiger partial charge is 0.493 e. The molecule has 0 aromatic heterocycles. The molecule has 5 nitrogen and oxygen atoms in total. The molecule has 1 aliphatic heterocycles. The number of ether oxygens (including phenoxy) is 2. The molecule has 24 heavy (non-hydrogen) atoms. The van der Waals surface area contributed by atoms with Crippen LogP contribution in [0, 0.1) is 5.92 Å². The predicted octanol–water partition coefficient (Wildman–Crippen LogP) is 3.48. The molecule has 0 spiro atoms. The van der Waals surface area contributed by atoms with Gasteiger partial charge in [-0.15, -0.1) is 12.4 Å². The third-order valence-electron chi connectivity index (χ3n) is 4.18. The zero-order chi connectivity index (χ0) is 17.0. The molecule has 0 saturated carbocycles. The maximum absolute atomic E-state index is 12.8. The van der Waals surface area contributed by atoms with Crippen molar-refractivity contribution in [1.29, 1.82) is 0 Å². The van der Waals surface area contributed by atoms with Gasteiger partial charge in [0.25, 0.3) is 5.91 Å². The Bertz CT molecular complexity index is 571. The van der Waals surface area contributed by atoms with Crippen molar-refractivity contribution in [3.8, 4) is 11.5 Å². The molecule has 1 aromatic rings. The lowest BCUT2D eigenvalue weighted by atomic mass is 10.1. The summed E-state index contributed by atoms with van der Waals surface area (Å²) < 4.78 is 11.8. The monoisotopic (exact) mass is 420 g/mol. The first-order valence-corrected chi connectivity index (χ1v) is 8.82. The molecule has 1 heterocycles. The first kappa shape index (κ1) is 21.1. The second-order valence-electron chi connectivity index (χ2n) is 5.98. The normalized spacial score (nSPS) is 19.8. The van der Waals surface area contributed by atoms with Crippen molar-refractivity contribution in [3.05, 3.63) is 22.2 Å². The van der Waals surface area contributed by atoms with E-state index in [0.29, 0.717) is 42.7 Å². The summed E-state index contributed by atoms with van der Waals surface area (Å²) in [6, 6.07) is 3.76. The van der Waals surface area contributed by atoms with Crippen LogP contribution in [0.5, 0.6) is 11.5 Å². The number of amides is 1. The standard InChI is InChI=1S/C17H25BrN2O3.ClH/c1-4-5-23-16-14(18)7-13(8-15(16)22-3)17(21)20-10-12(9-19)6-11(20)2;/h7-8,11-12H,4-6,9-10,19H2,1-3H3;1H. The lowest BCUT2D eigenvalue weighted by Crippen LogP contribution is -2.34. The van der Waals surface area contributed by atoms with Gasteiger partial charge in [-0.25, -0.2) is 0 Å². The minimum atomic E-state index is 0. The van der Waals surface area contributed by atoms with E-state index in [4.69, 9.17) is 15.2 Å². The number of nitrogens with zero attached hydrogens (tertiary/aromatic N) is 1. The Labute approximate surface area is 158 Å². The van der Waals surface area contributed by atoms with Crippen LogP contribution in [-0.4, -0.2) is 43.7 Å². The van der Waals surface area contributed by atoms with Crippen LogP contribution in [0.3, 0.4) is 0 Å². The number of likely N-dealkylation sites (tertiary alicyclic amines) is 1. The molecule has 1 fully saturated rings. The van der Waals surface area contributed by atoms with Gasteiger partial charge in [0.2, 0.25) is 0 Å². The number of hydrogen-bond donors (Lipinski definition) is 1. The van der Waals surface area contributed by atoms with E-state index in [1.165, 1.54) is 0 Å². The summed E-state index contributed by atoms with van der Waals surface area (Å²) in [6.07, 6.45) is 1.86. The zero-order valence-corrected chi connectivity index (χ0v) is 16.8. The third-order valence-corrected chi connectivity index (χ3v) is 4.77. The van der Waals surface area contributed by atoms with E-state index in [1.807, 2.05) is 11.8 Å². The highest BCUT2D eigenvalue weighted by molar-refractivity contribution is 9.10. The van der Waals surface area contributed by atoms with Crippen molar-refractivity contribution in [3.63, 3.8) is 0 Å². The molecule has 2 unspecified atom stereocenters. The van der Waals surface area contributed by atoms with Crippen LogP contribution in [0.15, 0.2) is 16.6 Å². The lowest BCUT2D eigenvalue weighted by molar-refractivity contribution is 0.0743. The van der Waals surface area contributed by atoms with Gasteiger partial charge in [-0.1, -0.05) is 6.92 Å². The van der Waals surface area contributed by atoms with Crippen molar-refractivity contribution < 1.29 is 14.3 Å². The molecule has 0 bridgehead atoms. The molecule has 1 saturated heterocycles. The fourth-order valence-corrected chi connectivity index (χ4v) is 3.51. The van der Waals surface area contributed by atoms with E-state index in [0.717, 1.165) is 17.3 Å². The number of carbonyl (C=O) groups is 1. The molecule has 0 aliphatic carbocycles. The predicted molar refractivity (Wildman–Crippen MR) is 101 cm³/mol. The van der Waals surface area contributed by atoms with E-state index >= 15 is 0 Å². The highest BCUT2D eigenvalue weighted by atomic mass is 79.9. The fraction of sp³-hybridized carbons (Fsp3) is 0.588. The number of methoxy groups -OCH3 is 1. The minimum absolute atomic E-state index is 0. The van der Waals surface area contributed by atoms with Crippen LogP contribution < -0.4 is 15.2 Å². The molecule has 1 aromatic carbocycles. The molecule has 1 amide bonds. The number of nitrogens with two attached hydrogens (primary N) is 1. The van der Waals surface area contributed by atoms with Gasteiger partial charge < -0.3 is 20.1 Å². The van der Waals surface area contributed by atoms with Crippen LogP contribution in [0.2, 0.25) is 0 Å². The van der Waals surface area contributed by atoms with E-state index in [9.17, 15) is 4.79 Å². The number of benzene rings is 1. The molecular formula is C17H26BrClN2O3. The zero-order valence-electron chi connectivity index (χ0n) is 14.4. The van der Waals surface area contributed by atoms with Gasteiger partial charge in [-0.3, -0.25) is 4.79 Å². The SMILES string of the molecule is CCCOc1c(Br)cc(C(=O)N2CC(CN)CC2C)cc1OC.Cl. The van der Waals surface area contributed by atoms with E-state index < -0.39 is 0 Å². The number of hydrogen-bond acceptors (Lipinski definition) is 4. The first-order valence-electron chi connectivity index (χ1n) is 8.03.